The van der Waals surface area contributed by atoms with Crippen molar-refractivity contribution in [2.75, 3.05) is 18.4 Å². The topological polar surface area (TPSA) is 94.6 Å². The fraction of sp³-hybridized carbons (Fsp3) is 0.200. The Balaban J connectivity index is 2.03. The average molecular weight is 400 g/mol. The fourth-order valence-electron chi connectivity index (χ4n) is 2.59. The number of benzene rings is 2. The fourth-order valence-corrected chi connectivity index (χ4v) is 3.65. The number of aryl methyl sites for hydroxylation is 2. The molecule has 0 aliphatic carbocycles. The van der Waals surface area contributed by atoms with Gasteiger partial charge in [0.05, 0.1) is 23.2 Å². The van der Waals surface area contributed by atoms with E-state index in [-0.39, 0.29) is 17.2 Å². The third kappa shape index (κ3) is 4.40. The van der Waals surface area contributed by atoms with Crippen molar-refractivity contribution in [1.82, 2.24) is 4.98 Å². The molecule has 0 aliphatic rings. The monoisotopic (exact) mass is 400 g/mol. The Morgan fingerprint density at radius 1 is 1.07 bits per heavy atom. The summed E-state index contributed by atoms with van der Waals surface area (Å²) in [5.41, 5.74) is 2.45. The number of nitrogens with zero attached hydrogens (tertiary/aromatic N) is 1. The summed E-state index contributed by atoms with van der Waals surface area (Å²) in [5.74, 6) is -0.214. The summed E-state index contributed by atoms with van der Waals surface area (Å²) >= 11 is 0. The Morgan fingerprint density at radius 3 is 2.46 bits per heavy atom. The Labute approximate surface area is 163 Å². The molecule has 0 atom stereocenters. The number of hydrogen-bond acceptors (Lipinski definition) is 6. The minimum Gasteiger partial charge on any atom is -0.482 e. The number of esters is 1. The van der Waals surface area contributed by atoms with Gasteiger partial charge in [-0.2, -0.15) is 0 Å². The molecule has 1 N–H and O–H groups in total. The summed E-state index contributed by atoms with van der Waals surface area (Å²) < 4.78 is 38.2. The van der Waals surface area contributed by atoms with E-state index in [0.717, 1.165) is 11.3 Å². The molecule has 3 aromatic rings. The number of carbonyl (C=O) groups excluding carboxylic acids is 1. The first-order valence-electron chi connectivity index (χ1n) is 8.49. The third-order valence-electron chi connectivity index (χ3n) is 4.07. The van der Waals surface area contributed by atoms with Gasteiger partial charge in [0.25, 0.3) is 10.0 Å². The van der Waals surface area contributed by atoms with Crippen LogP contribution in [0.25, 0.3) is 10.9 Å². The molecule has 0 spiro atoms. The van der Waals surface area contributed by atoms with Gasteiger partial charge in [-0.15, -0.1) is 0 Å². The number of pyridine rings is 1. The smallest absolute Gasteiger partial charge is 0.343 e. The van der Waals surface area contributed by atoms with Crippen LogP contribution < -0.4 is 9.46 Å². The molecule has 0 bridgehead atoms. The standard InChI is InChI=1S/C20H20N2O5S/c1-13-4-8-17(9-5-13)28(24,25)22-18-11-16(27-12-19(23)26-3)10-15-7-6-14(2)21-20(15)18/h4-11,22H,12H2,1-3H3. The first kappa shape index (κ1) is 19.6. The van der Waals surface area contributed by atoms with E-state index in [4.69, 9.17) is 4.74 Å². The van der Waals surface area contributed by atoms with Crippen LogP contribution >= 0.6 is 0 Å². The van der Waals surface area contributed by atoms with Crippen molar-refractivity contribution < 1.29 is 22.7 Å². The van der Waals surface area contributed by atoms with E-state index >= 15 is 0 Å². The number of anilines is 1. The van der Waals surface area contributed by atoms with Gasteiger partial charge in [-0.05, 0) is 38.1 Å². The van der Waals surface area contributed by atoms with Crippen molar-refractivity contribution >= 4 is 32.6 Å². The predicted octanol–water partition coefficient (Wildman–Crippen LogP) is 3.20. The molecule has 0 unspecified atom stereocenters. The second-order valence-electron chi connectivity index (χ2n) is 6.28. The van der Waals surface area contributed by atoms with E-state index < -0.39 is 16.0 Å². The van der Waals surface area contributed by atoms with Gasteiger partial charge in [-0.1, -0.05) is 23.8 Å². The molecule has 0 saturated carbocycles. The van der Waals surface area contributed by atoms with Gasteiger partial charge in [-0.25, -0.2) is 13.2 Å². The molecular formula is C20H20N2O5S. The Kier molecular flexibility index (Phi) is 5.51. The molecule has 0 aliphatic heterocycles. The van der Waals surface area contributed by atoms with Crippen molar-refractivity contribution in [2.24, 2.45) is 0 Å². The van der Waals surface area contributed by atoms with Gasteiger partial charge in [0.2, 0.25) is 0 Å². The van der Waals surface area contributed by atoms with Gasteiger partial charge in [0, 0.05) is 17.1 Å². The molecule has 7 nitrogen and oxygen atoms in total. The molecule has 8 heteroatoms. The third-order valence-corrected chi connectivity index (χ3v) is 5.45. The van der Waals surface area contributed by atoms with Crippen molar-refractivity contribution in [3.63, 3.8) is 0 Å². The largest absolute Gasteiger partial charge is 0.482 e. The second kappa shape index (κ2) is 7.85. The second-order valence-corrected chi connectivity index (χ2v) is 7.96. The lowest BCUT2D eigenvalue weighted by Crippen LogP contribution is -2.15. The highest BCUT2D eigenvalue weighted by Crippen LogP contribution is 2.30. The maximum absolute atomic E-state index is 12.8. The molecular weight excluding hydrogens is 380 g/mol. The first-order chi connectivity index (χ1) is 13.3. The summed E-state index contributed by atoms with van der Waals surface area (Å²) in [5, 5.41) is 0.676. The summed E-state index contributed by atoms with van der Waals surface area (Å²) in [7, 11) is -2.56. The zero-order valence-electron chi connectivity index (χ0n) is 15.7. The van der Waals surface area contributed by atoms with Crippen molar-refractivity contribution in [3.05, 3.63) is 59.8 Å². The van der Waals surface area contributed by atoms with Crippen molar-refractivity contribution in [3.8, 4) is 5.75 Å². The predicted molar refractivity (Wildman–Crippen MR) is 106 cm³/mol. The Bertz CT molecular complexity index is 1130. The highest BCUT2D eigenvalue weighted by molar-refractivity contribution is 7.92. The number of nitrogens with one attached hydrogen (secondary N) is 1. The van der Waals surface area contributed by atoms with Gasteiger partial charge >= 0.3 is 5.97 Å². The normalized spacial score (nSPS) is 11.2. The van der Waals surface area contributed by atoms with Crippen LogP contribution in [0.2, 0.25) is 0 Å². The van der Waals surface area contributed by atoms with Crippen molar-refractivity contribution in [1.29, 1.82) is 0 Å². The molecule has 28 heavy (non-hydrogen) atoms. The summed E-state index contributed by atoms with van der Waals surface area (Å²) in [4.78, 5) is 15.9. The Morgan fingerprint density at radius 2 is 1.79 bits per heavy atom. The van der Waals surface area contributed by atoms with Gasteiger partial charge in [0.15, 0.2) is 6.61 Å². The lowest BCUT2D eigenvalue weighted by atomic mass is 10.1. The summed E-state index contributed by atoms with van der Waals surface area (Å²) in [6.07, 6.45) is 0. The quantitative estimate of drug-likeness (QED) is 0.639. The van der Waals surface area contributed by atoms with Crippen LogP contribution in [0.1, 0.15) is 11.3 Å². The lowest BCUT2D eigenvalue weighted by Gasteiger charge is -2.13. The maximum atomic E-state index is 12.8. The maximum Gasteiger partial charge on any atom is 0.343 e. The molecule has 1 aromatic heterocycles. The van der Waals surface area contributed by atoms with E-state index in [0.29, 0.717) is 16.7 Å². The van der Waals surface area contributed by atoms with Crippen LogP contribution in [0.5, 0.6) is 5.75 Å². The minimum atomic E-state index is -3.82. The van der Waals surface area contributed by atoms with Crippen LogP contribution in [0.3, 0.4) is 0 Å². The Hall–Kier alpha value is -3.13. The number of fused-ring (bicyclic) bond motifs is 1. The van der Waals surface area contributed by atoms with Crippen LogP contribution in [-0.4, -0.2) is 33.1 Å². The van der Waals surface area contributed by atoms with E-state index in [1.54, 1.807) is 18.2 Å². The van der Waals surface area contributed by atoms with Crippen LogP contribution in [0.4, 0.5) is 5.69 Å². The number of aromatic nitrogens is 1. The van der Waals surface area contributed by atoms with E-state index in [1.807, 2.05) is 26.0 Å². The number of ether oxygens (including phenoxy) is 2. The van der Waals surface area contributed by atoms with Crippen LogP contribution in [0, 0.1) is 13.8 Å². The van der Waals surface area contributed by atoms with E-state index in [9.17, 15) is 13.2 Å². The molecule has 0 amide bonds. The minimum absolute atomic E-state index is 0.139. The first-order valence-corrected chi connectivity index (χ1v) is 9.97. The number of hydrogen-bond donors (Lipinski definition) is 1. The van der Waals surface area contributed by atoms with E-state index in [1.165, 1.54) is 25.3 Å². The number of carbonyl (C=O) groups is 1. The average Bonchev–Trinajstić information content (AvgIpc) is 2.66. The zero-order chi connectivity index (χ0) is 20.3. The molecule has 0 saturated heterocycles. The highest BCUT2D eigenvalue weighted by atomic mass is 32.2. The number of sulfonamides is 1. The van der Waals surface area contributed by atoms with Gasteiger partial charge in [0.1, 0.15) is 5.75 Å². The van der Waals surface area contributed by atoms with Gasteiger partial charge in [-0.3, -0.25) is 9.71 Å². The SMILES string of the molecule is COC(=O)COc1cc(NS(=O)(=O)c2ccc(C)cc2)c2nc(C)ccc2c1. The number of methoxy groups -OCH3 is 1. The number of rotatable bonds is 6. The lowest BCUT2D eigenvalue weighted by molar-refractivity contribution is -0.142. The molecule has 3 rings (SSSR count). The molecule has 146 valence electrons. The summed E-state index contributed by atoms with van der Waals surface area (Å²) in [6, 6.07) is 13.3. The molecule has 2 aromatic carbocycles. The van der Waals surface area contributed by atoms with Crippen LogP contribution in [-0.2, 0) is 19.6 Å². The molecule has 0 radical (unpaired) electrons. The highest BCUT2D eigenvalue weighted by Gasteiger charge is 2.17. The van der Waals surface area contributed by atoms with Crippen LogP contribution in [0.15, 0.2) is 53.4 Å². The summed E-state index contributed by atoms with van der Waals surface area (Å²) in [6.45, 7) is 3.41. The zero-order valence-corrected chi connectivity index (χ0v) is 16.5. The van der Waals surface area contributed by atoms with Gasteiger partial charge < -0.3 is 9.47 Å². The molecule has 1 heterocycles. The van der Waals surface area contributed by atoms with E-state index in [2.05, 4.69) is 14.4 Å². The van der Waals surface area contributed by atoms with Crippen molar-refractivity contribution in [2.45, 2.75) is 18.7 Å². The molecule has 0 fully saturated rings.